The molecule has 5 saturated heterocycles. The highest BCUT2D eigenvalue weighted by Gasteiger charge is 2.64. The Morgan fingerprint density at radius 2 is 0.852 bits per heavy atom. The number of hydrogen-bond acceptors (Lipinski definition) is 32. The van der Waals surface area contributed by atoms with Crippen LogP contribution in [0, 0.1) is 0 Å². The minimum Gasteiger partial charge on any atom is -0.477 e. The molecule has 0 saturated carbocycles. The SMILES string of the molecule is CCCCCCCCCCCCCC=CC(O)C(COC1OC(CO)C(OC2OC(CO)C(OC3OC(CO)C(O)C(O)C3NC(C)=O)C(OC3(C(=O)O)CC(O)C(NC(C)=O)C(C(O)C(CO)OC4(C(=O)O)CC(O)C(NC(C)=O)C(C(O)C(O)CO)O4)O3)C2O)C(O)C1O)NC(=O)CCCCCCCCCCCCCCCCCCCCCCC. The summed E-state index contributed by atoms with van der Waals surface area (Å²) in [5.41, 5.74) is 0. The Labute approximate surface area is 716 Å². The van der Waals surface area contributed by atoms with Gasteiger partial charge >= 0.3 is 11.9 Å². The molecule has 29 unspecified atom stereocenters. The van der Waals surface area contributed by atoms with Crippen LogP contribution in [0.1, 0.15) is 266 Å². The molecule has 38 heteroatoms. The van der Waals surface area contributed by atoms with Crippen LogP contribution >= 0.6 is 0 Å². The summed E-state index contributed by atoms with van der Waals surface area (Å²) in [4.78, 5) is 79.2. The molecule has 0 aromatic carbocycles. The van der Waals surface area contributed by atoms with Gasteiger partial charge < -0.3 is 161 Å². The number of allylic oxidation sites excluding steroid dienone is 1. The summed E-state index contributed by atoms with van der Waals surface area (Å²) in [6.45, 7) is 0.559. The maximum absolute atomic E-state index is 14.2. The number of carbonyl (C=O) groups excluding carboxylic acids is 4. The van der Waals surface area contributed by atoms with Crippen molar-refractivity contribution in [3.05, 3.63) is 12.2 Å². The molecule has 5 fully saturated rings. The van der Waals surface area contributed by atoms with Gasteiger partial charge in [0, 0.05) is 40.0 Å². The first-order valence-electron chi connectivity index (χ1n) is 44.7. The molecule has 22 N–H and O–H groups in total. The second-order valence-electron chi connectivity index (χ2n) is 33.6. The van der Waals surface area contributed by atoms with Crippen molar-refractivity contribution in [2.45, 2.75) is 442 Å². The maximum atomic E-state index is 14.2. The first-order chi connectivity index (χ1) is 58.3. The molecule has 0 aromatic rings. The van der Waals surface area contributed by atoms with Gasteiger partial charge in [0.15, 0.2) is 18.9 Å². The van der Waals surface area contributed by atoms with Crippen LogP contribution in [0.5, 0.6) is 0 Å². The number of rotatable bonds is 62. The normalized spacial score (nSPS) is 32.3. The fraction of sp³-hybridized carbons (Fsp3) is 0.905. The van der Waals surface area contributed by atoms with Crippen molar-refractivity contribution in [2.75, 3.05) is 39.6 Å². The highest BCUT2D eigenvalue weighted by molar-refractivity contribution is 5.78. The zero-order valence-electron chi connectivity index (χ0n) is 72.0. The van der Waals surface area contributed by atoms with E-state index in [0.717, 1.165) is 85.0 Å². The molecule has 0 aliphatic carbocycles. The van der Waals surface area contributed by atoms with Crippen molar-refractivity contribution in [3.63, 3.8) is 0 Å². The average molecular weight is 1760 g/mol. The Balaban J connectivity index is 1.39. The molecule has 5 rings (SSSR count). The molecule has 5 aliphatic heterocycles. The Hall–Kier alpha value is -4.48. The Morgan fingerprint density at radius 1 is 0.443 bits per heavy atom. The van der Waals surface area contributed by atoms with Crippen LogP contribution in [-0.2, 0) is 76.1 Å². The molecule has 5 aliphatic rings. The van der Waals surface area contributed by atoms with Gasteiger partial charge in [-0.15, -0.1) is 0 Å². The van der Waals surface area contributed by atoms with Gasteiger partial charge in [0.25, 0.3) is 11.6 Å². The van der Waals surface area contributed by atoms with E-state index in [0.29, 0.717) is 12.8 Å². The van der Waals surface area contributed by atoms with E-state index >= 15 is 0 Å². The molecule has 38 nitrogen and oxygen atoms in total. The summed E-state index contributed by atoms with van der Waals surface area (Å²) < 4.78 is 60.0. The van der Waals surface area contributed by atoms with Crippen LogP contribution in [0.2, 0.25) is 0 Å². The lowest BCUT2D eigenvalue weighted by Gasteiger charge is -2.52. The lowest BCUT2D eigenvalue weighted by Crippen LogP contribution is -2.72. The number of unbranched alkanes of at least 4 members (excludes halogenated alkanes) is 31. The average Bonchev–Trinajstić information content (AvgIpc) is 0.741. The second kappa shape index (κ2) is 57.4. The van der Waals surface area contributed by atoms with E-state index in [9.17, 15) is 121 Å². The topological polar surface area (TPSA) is 607 Å². The first kappa shape index (κ1) is 108. The van der Waals surface area contributed by atoms with Gasteiger partial charge in [0.05, 0.1) is 76.1 Å². The fourth-order valence-corrected chi connectivity index (χ4v) is 16.5. The number of aliphatic carboxylic acids is 2. The lowest BCUT2D eigenvalue weighted by atomic mass is 9.87. The molecule has 29 atom stereocenters. The Morgan fingerprint density at radius 3 is 1.30 bits per heavy atom. The maximum Gasteiger partial charge on any atom is 0.364 e. The molecular formula is C84H150N4O34. The fourth-order valence-electron chi connectivity index (χ4n) is 16.5. The minimum absolute atomic E-state index is 0.113. The second-order valence-corrected chi connectivity index (χ2v) is 33.6. The Kier molecular flexibility index (Phi) is 50.9. The van der Waals surface area contributed by atoms with Gasteiger partial charge in [-0.3, -0.25) is 19.2 Å². The van der Waals surface area contributed by atoms with Gasteiger partial charge in [-0.05, 0) is 19.3 Å². The quantitative estimate of drug-likeness (QED) is 0.0294. The lowest BCUT2D eigenvalue weighted by molar-refractivity contribution is -0.402. The van der Waals surface area contributed by atoms with Crippen molar-refractivity contribution >= 4 is 35.6 Å². The summed E-state index contributed by atoms with van der Waals surface area (Å²) in [5, 5.41) is 213. The van der Waals surface area contributed by atoms with E-state index in [1.54, 1.807) is 6.08 Å². The number of nitrogens with one attached hydrogen (secondary N) is 4. The number of carboxylic acids is 2. The minimum atomic E-state index is -3.59. The molecule has 710 valence electrons. The van der Waals surface area contributed by atoms with Crippen LogP contribution in [0.15, 0.2) is 12.2 Å². The zero-order valence-corrected chi connectivity index (χ0v) is 72.0. The number of ether oxygens (including phenoxy) is 10. The number of amides is 4. The molecule has 5 heterocycles. The predicted molar refractivity (Wildman–Crippen MR) is 435 cm³/mol. The van der Waals surface area contributed by atoms with Crippen LogP contribution in [0.4, 0.5) is 0 Å². The third kappa shape index (κ3) is 34.2. The van der Waals surface area contributed by atoms with Crippen LogP contribution in [0.3, 0.4) is 0 Å². The van der Waals surface area contributed by atoms with Gasteiger partial charge in [0.2, 0.25) is 23.6 Å². The van der Waals surface area contributed by atoms with Crippen molar-refractivity contribution in [1.29, 1.82) is 0 Å². The third-order valence-electron chi connectivity index (χ3n) is 23.5. The standard InChI is InChI=1S/C84H150N4O34/c1-6-8-10-12-14-16-18-20-21-22-23-24-25-26-27-29-31-33-35-37-39-41-62(101)88-53(54(97)40-38-36-34-32-30-28-19-17-15-13-11-9-7-2)49-113-79-71(107)70(106)73(60(47-92)115-79)117-80-72(108)77(74(61(48-93)116-80)118-78-65(87-52(5)96)69(105)67(103)58(45-90)114-78)122-84(82(111)112)43-56(99)64(86-51(4)95)76(121-84)68(104)59(46-91)119-83(81(109)110)42-55(98)63(85-50(3)94)75(120-83)66(102)57(100)44-89/h38,40,53-61,63-80,89-93,97-100,102-108H,6-37,39,41-49H2,1-5H3,(H,85,94)(H,86,95)(H,87,96)(H,88,101)(H,109,110)(H,111,112). The van der Waals surface area contributed by atoms with E-state index < -0.39 is 265 Å². The van der Waals surface area contributed by atoms with Gasteiger partial charge in [-0.2, -0.15) is 0 Å². The van der Waals surface area contributed by atoms with Gasteiger partial charge in [0.1, 0.15) is 110 Å². The third-order valence-corrected chi connectivity index (χ3v) is 23.5. The molecule has 0 radical (unpaired) electrons. The highest BCUT2D eigenvalue weighted by atomic mass is 16.8. The van der Waals surface area contributed by atoms with Crippen molar-refractivity contribution < 1.29 is 168 Å². The zero-order chi connectivity index (χ0) is 90.1. The largest absolute Gasteiger partial charge is 0.477 e. The van der Waals surface area contributed by atoms with E-state index in [1.807, 2.05) is 0 Å². The van der Waals surface area contributed by atoms with Crippen LogP contribution in [0.25, 0.3) is 0 Å². The van der Waals surface area contributed by atoms with E-state index in [1.165, 1.54) is 141 Å². The molecule has 122 heavy (non-hydrogen) atoms. The molecule has 0 spiro atoms. The molecule has 0 bridgehead atoms. The van der Waals surface area contributed by atoms with Crippen LogP contribution < -0.4 is 21.3 Å². The molecular weight excluding hydrogens is 1610 g/mol. The number of aliphatic hydroxyl groups excluding tert-OH is 16. The van der Waals surface area contributed by atoms with Crippen molar-refractivity contribution in [3.8, 4) is 0 Å². The van der Waals surface area contributed by atoms with Crippen molar-refractivity contribution in [2.24, 2.45) is 0 Å². The molecule has 4 amide bonds. The smallest absolute Gasteiger partial charge is 0.364 e. The summed E-state index contributed by atoms with van der Waals surface area (Å²) in [7, 11) is 0. The number of carboxylic acid groups (broad SMARTS) is 2. The predicted octanol–water partition coefficient (Wildman–Crippen LogP) is 0.648. The summed E-state index contributed by atoms with van der Waals surface area (Å²) >= 11 is 0. The summed E-state index contributed by atoms with van der Waals surface area (Å²) in [6, 6.07) is -6.82. The first-order valence-corrected chi connectivity index (χ1v) is 44.7. The van der Waals surface area contributed by atoms with E-state index in [-0.39, 0.29) is 6.42 Å². The summed E-state index contributed by atoms with van der Waals surface area (Å²) in [5.74, 6) is -14.6. The monoisotopic (exact) mass is 1760 g/mol. The number of aliphatic hydroxyl groups is 16. The number of hydrogen-bond donors (Lipinski definition) is 22. The number of carbonyl (C=O) groups is 6. The Bertz CT molecular complexity index is 2970. The highest BCUT2D eigenvalue weighted by Crippen LogP contribution is 2.43. The van der Waals surface area contributed by atoms with E-state index in [2.05, 4.69) is 35.1 Å². The summed E-state index contributed by atoms with van der Waals surface area (Å²) in [6.07, 6.45) is -11.1. The van der Waals surface area contributed by atoms with Gasteiger partial charge in [-0.1, -0.05) is 219 Å². The van der Waals surface area contributed by atoms with E-state index in [4.69, 9.17) is 47.4 Å². The molecule has 0 aromatic heterocycles. The van der Waals surface area contributed by atoms with Crippen molar-refractivity contribution in [1.82, 2.24) is 21.3 Å². The van der Waals surface area contributed by atoms with Crippen LogP contribution in [-0.4, -0.2) is 344 Å². The van der Waals surface area contributed by atoms with Gasteiger partial charge in [-0.25, -0.2) is 9.59 Å².